The van der Waals surface area contributed by atoms with E-state index < -0.39 is 10.8 Å². The third-order valence-electron chi connectivity index (χ3n) is 26.9. The Balaban J connectivity index is 1.20. The van der Waals surface area contributed by atoms with Crippen LogP contribution in [0.3, 0.4) is 0 Å². The number of carbonyl (C=O) groups is 2. The first kappa shape index (κ1) is 92.4. The van der Waals surface area contributed by atoms with Gasteiger partial charge in [-0.3, -0.25) is 9.59 Å². The summed E-state index contributed by atoms with van der Waals surface area (Å²) in [5.74, 6) is 0. The van der Waals surface area contributed by atoms with Gasteiger partial charge in [-0.1, -0.05) is 385 Å². The molecule has 12 rings (SSSR count). The lowest BCUT2D eigenvalue weighted by molar-refractivity contribution is 0.111. The van der Waals surface area contributed by atoms with Crippen LogP contribution < -0.4 is 0 Å². The largest absolute Gasteiger partial charge is 0.297 e. The molecule has 0 unspecified atom stereocenters. The van der Waals surface area contributed by atoms with E-state index in [1.54, 1.807) is 22.7 Å². The number of hydrogen-bond donors (Lipinski definition) is 0. The number of unbranched alkanes of at least 4 members (excludes halogenated alkanes) is 40. The molecule has 0 spiro atoms. The zero-order chi connectivity index (χ0) is 82.3. The van der Waals surface area contributed by atoms with Gasteiger partial charge in [-0.2, -0.15) is 0 Å². The summed E-state index contributed by atoms with van der Waals surface area (Å²) >= 11 is 11.9. The smallest absolute Gasteiger partial charge is 0.160 e. The first-order valence-corrected chi connectivity index (χ1v) is 54.2. The Morgan fingerprint density at radius 2 is 0.381 bits per heavy atom. The van der Waals surface area contributed by atoms with Crippen LogP contribution in [-0.4, -0.2) is 12.6 Å². The SMILES string of the molecule is CCCCCCCCc1cc(CCCCCCCC)cc(C2(c3cc(CCCCCCCC)cc(CCCCCCCC)c3)c3c(sc4cc(C=O)sc34)-c3sc4c5c(sc4c32)-c2sc3cc(C=O)sc3c2C5(c2cc(CCCCCCCC)cc(CCCCCCCC)c2)c2cc(CCCCCCCC)cc(CCCCCCCC)c2)c1. The Morgan fingerprint density at radius 1 is 0.203 bits per heavy atom. The van der Waals surface area contributed by atoms with E-state index in [-0.39, 0.29) is 0 Å². The summed E-state index contributed by atoms with van der Waals surface area (Å²) in [7, 11) is 0. The molecule has 4 aromatic carbocycles. The molecular formula is C110H152O2S6. The fourth-order valence-electron chi connectivity index (χ4n) is 20.6. The van der Waals surface area contributed by atoms with Crippen LogP contribution in [0.25, 0.3) is 47.7 Å². The molecule has 6 heterocycles. The van der Waals surface area contributed by atoms with Gasteiger partial charge in [0, 0.05) is 31.7 Å². The minimum Gasteiger partial charge on any atom is -0.297 e. The van der Waals surface area contributed by atoms with Gasteiger partial charge in [-0.25, -0.2) is 0 Å². The maximum absolute atomic E-state index is 13.6. The summed E-state index contributed by atoms with van der Waals surface area (Å²) in [4.78, 5) is 34.6. The van der Waals surface area contributed by atoms with Crippen molar-refractivity contribution in [2.75, 3.05) is 0 Å². The van der Waals surface area contributed by atoms with E-state index >= 15 is 0 Å². The third kappa shape index (κ3) is 22.8. The Morgan fingerprint density at radius 3 is 0.576 bits per heavy atom. The fraction of sp³-hybridized carbons (Fsp3) is 0.600. The van der Waals surface area contributed by atoms with Crippen LogP contribution in [0.4, 0.5) is 0 Å². The average molecular weight is 1700 g/mol. The maximum Gasteiger partial charge on any atom is 0.160 e. The Kier molecular flexibility index (Phi) is 37.9. The second-order valence-electron chi connectivity index (χ2n) is 36.6. The van der Waals surface area contributed by atoms with Crippen molar-refractivity contribution in [2.24, 2.45) is 0 Å². The summed E-state index contributed by atoms with van der Waals surface area (Å²) in [5, 5.41) is 0. The van der Waals surface area contributed by atoms with Gasteiger partial charge in [0.15, 0.2) is 12.6 Å². The monoisotopic (exact) mass is 1700 g/mol. The lowest BCUT2D eigenvalue weighted by atomic mass is 9.65. The Bertz CT molecular complexity index is 4110. The van der Waals surface area contributed by atoms with Crippen molar-refractivity contribution in [3.8, 4) is 19.5 Å². The van der Waals surface area contributed by atoms with E-state index in [0.29, 0.717) is 0 Å². The van der Waals surface area contributed by atoms with Crippen molar-refractivity contribution in [1.82, 2.24) is 0 Å². The number of benzene rings is 4. The van der Waals surface area contributed by atoms with E-state index in [1.807, 2.05) is 22.7 Å². The lowest BCUT2D eigenvalue weighted by Gasteiger charge is -2.35. The predicted octanol–water partition coefficient (Wildman–Crippen LogP) is 37.1. The van der Waals surface area contributed by atoms with Crippen LogP contribution in [0.5, 0.6) is 0 Å². The molecule has 118 heavy (non-hydrogen) atoms. The zero-order valence-electron chi connectivity index (χ0n) is 75.1. The fourth-order valence-corrected chi connectivity index (χ4v) is 29.1. The second-order valence-corrected chi connectivity index (χ2v) is 42.9. The van der Waals surface area contributed by atoms with Crippen LogP contribution in [0.1, 0.15) is 472 Å². The van der Waals surface area contributed by atoms with Gasteiger partial charge in [0.2, 0.25) is 0 Å². The van der Waals surface area contributed by atoms with Crippen molar-refractivity contribution in [2.45, 2.75) is 426 Å². The van der Waals surface area contributed by atoms with Crippen molar-refractivity contribution >= 4 is 109 Å². The van der Waals surface area contributed by atoms with Gasteiger partial charge < -0.3 is 0 Å². The van der Waals surface area contributed by atoms with E-state index in [9.17, 15) is 9.59 Å². The molecule has 6 aromatic heterocycles. The van der Waals surface area contributed by atoms with Crippen molar-refractivity contribution < 1.29 is 9.59 Å². The number of rotatable bonds is 62. The average Bonchev–Trinajstić information content (AvgIpc) is 1.48. The van der Waals surface area contributed by atoms with E-state index in [1.165, 1.54) is 445 Å². The molecular weight excluding hydrogens is 1550 g/mol. The molecule has 0 saturated heterocycles. The molecule has 0 saturated carbocycles. The number of fused-ring (bicyclic) bond motifs is 13. The van der Waals surface area contributed by atoms with Gasteiger partial charge in [-0.15, -0.1) is 68.0 Å². The predicted molar refractivity (Wildman–Crippen MR) is 528 cm³/mol. The molecule has 0 aliphatic heterocycles. The highest BCUT2D eigenvalue weighted by molar-refractivity contribution is 7.37. The molecule has 0 atom stereocenters. The number of hydrogen-bond acceptors (Lipinski definition) is 8. The van der Waals surface area contributed by atoms with E-state index in [0.717, 1.165) is 73.7 Å². The standard InChI is InChI=1S/C110H152O2S6/c1-9-17-25-33-41-49-57-81-65-82(58-50-42-34-26-18-10-2)70-89(69-81)109(90-71-83(59-51-43-35-27-19-11-3)66-84(72-90)60-52-44-36-28-20-12-4)97-101-95(77-93(79-111)113-101)115-103(97)105-99(109)107-108(117-105)100-106(118-107)104-98(102-96(116-104)78-94(80-112)114-102)110(100,91-73-85(61-53-45-37-29-21-13-5)67-86(74-91)62-54-46-38-30-22-14-6)92-75-87(63-55-47-39-31-23-15-7)68-88(76-92)64-56-48-40-32-24-16-8/h65-80H,9-64H2,1-8H3. The third-order valence-corrected chi connectivity index (χ3v) is 34.5. The summed E-state index contributed by atoms with van der Waals surface area (Å²) in [5.41, 5.74) is 22.5. The van der Waals surface area contributed by atoms with Crippen LogP contribution in [-0.2, 0) is 62.2 Å². The number of aldehydes is 2. The van der Waals surface area contributed by atoms with Gasteiger partial charge in [0.05, 0.1) is 58.9 Å². The second kappa shape index (κ2) is 48.5. The van der Waals surface area contributed by atoms with Crippen molar-refractivity contribution in [3.05, 3.63) is 184 Å². The van der Waals surface area contributed by atoms with Gasteiger partial charge in [0.1, 0.15) is 0 Å². The zero-order valence-corrected chi connectivity index (χ0v) is 80.0. The first-order valence-electron chi connectivity index (χ1n) is 49.3. The van der Waals surface area contributed by atoms with Crippen molar-refractivity contribution in [3.63, 3.8) is 0 Å². The molecule has 2 nitrogen and oxygen atoms in total. The molecule has 640 valence electrons. The number of aryl methyl sites for hydroxylation is 8. The number of carbonyl (C=O) groups excluding carboxylic acids is 2. The summed E-state index contributed by atoms with van der Waals surface area (Å²) in [6.07, 6.45) is 72.5. The highest BCUT2D eigenvalue weighted by Gasteiger charge is 2.57. The molecule has 8 heteroatoms. The normalized spacial score (nSPS) is 13.3. The van der Waals surface area contributed by atoms with Crippen LogP contribution in [0, 0.1) is 0 Å². The Hall–Kier alpha value is -4.80. The topological polar surface area (TPSA) is 34.1 Å². The summed E-state index contributed by atoms with van der Waals surface area (Å²) < 4.78 is 8.14. The molecule has 0 radical (unpaired) electrons. The molecule has 2 aliphatic rings. The highest BCUT2D eigenvalue weighted by atomic mass is 32.1. The molecule has 0 bridgehead atoms. The van der Waals surface area contributed by atoms with Crippen LogP contribution >= 0.6 is 68.0 Å². The van der Waals surface area contributed by atoms with Crippen LogP contribution in [0.2, 0.25) is 0 Å². The Labute approximate surface area is 741 Å². The molecule has 0 fully saturated rings. The van der Waals surface area contributed by atoms with Crippen LogP contribution in [0.15, 0.2) is 84.9 Å². The first-order chi connectivity index (χ1) is 58.1. The summed E-state index contributed by atoms with van der Waals surface area (Å²) in [6, 6.07) is 37.6. The van der Waals surface area contributed by atoms with E-state index in [2.05, 4.69) is 163 Å². The minimum absolute atomic E-state index is 0.687. The van der Waals surface area contributed by atoms with Gasteiger partial charge in [-0.05, 0) is 182 Å². The van der Waals surface area contributed by atoms with E-state index in [4.69, 9.17) is 0 Å². The lowest BCUT2D eigenvalue weighted by Crippen LogP contribution is -2.30. The molecule has 2 aliphatic carbocycles. The van der Waals surface area contributed by atoms with Crippen molar-refractivity contribution in [1.29, 1.82) is 0 Å². The highest BCUT2D eigenvalue weighted by Crippen LogP contribution is 2.72. The molecule has 0 amide bonds. The molecule has 0 N–H and O–H groups in total. The number of thiophene rings is 6. The van der Waals surface area contributed by atoms with Gasteiger partial charge >= 0.3 is 0 Å². The summed E-state index contributed by atoms with van der Waals surface area (Å²) in [6.45, 7) is 18.8. The maximum atomic E-state index is 13.6. The molecule has 10 aromatic rings. The quantitative estimate of drug-likeness (QED) is 0.0281. The van der Waals surface area contributed by atoms with Gasteiger partial charge in [0.25, 0.3) is 0 Å². The minimum atomic E-state index is -0.687.